The van der Waals surface area contributed by atoms with Crippen LogP contribution >= 0.6 is 0 Å². The van der Waals surface area contributed by atoms with Gasteiger partial charge in [-0.25, -0.2) is 13.6 Å². The number of carbonyl (C=O) groups excluding carboxylic acids is 2. The molecular weight excluding hydrogens is 366 g/mol. The summed E-state index contributed by atoms with van der Waals surface area (Å²) in [4.78, 5) is 28.4. The molecular formula is C20H20F2N4O2. The van der Waals surface area contributed by atoms with Gasteiger partial charge < -0.3 is 20.4 Å². The molecule has 1 fully saturated rings. The number of anilines is 2. The molecule has 2 aromatic carbocycles. The fraction of sp³-hybridized carbons (Fsp3) is 0.300. The number of nitrogens with one attached hydrogen (secondary N) is 2. The van der Waals surface area contributed by atoms with Crippen LogP contribution in [0.4, 0.5) is 25.0 Å². The Morgan fingerprint density at radius 2 is 1.86 bits per heavy atom. The van der Waals surface area contributed by atoms with Gasteiger partial charge in [0.25, 0.3) is 5.91 Å². The van der Waals surface area contributed by atoms with E-state index in [1.807, 2.05) is 11.9 Å². The van der Waals surface area contributed by atoms with Crippen LogP contribution in [0.1, 0.15) is 23.2 Å². The quantitative estimate of drug-likeness (QED) is 0.791. The Kier molecular flexibility index (Phi) is 4.41. The topological polar surface area (TPSA) is 64.7 Å². The van der Waals surface area contributed by atoms with Crippen molar-refractivity contribution in [3.8, 4) is 0 Å². The van der Waals surface area contributed by atoms with Gasteiger partial charge in [-0.05, 0) is 30.3 Å². The van der Waals surface area contributed by atoms with E-state index in [1.165, 1.54) is 30.3 Å². The number of amides is 3. The molecule has 1 spiro atoms. The molecule has 0 atom stereocenters. The van der Waals surface area contributed by atoms with Crippen molar-refractivity contribution >= 4 is 23.3 Å². The summed E-state index contributed by atoms with van der Waals surface area (Å²) >= 11 is 0. The smallest absolute Gasteiger partial charge is 0.321 e. The lowest BCUT2D eigenvalue weighted by molar-refractivity contribution is 0.0815. The summed E-state index contributed by atoms with van der Waals surface area (Å²) in [5, 5.41) is 5.60. The molecule has 0 bridgehead atoms. The molecule has 1 saturated heterocycles. The molecule has 0 radical (unpaired) electrons. The molecule has 3 amide bonds. The van der Waals surface area contributed by atoms with Crippen LogP contribution in [-0.2, 0) is 0 Å². The van der Waals surface area contributed by atoms with Gasteiger partial charge in [0.1, 0.15) is 17.3 Å². The number of para-hydroxylation sites is 1. The molecule has 2 aliphatic rings. The van der Waals surface area contributed by atoms with Crippen molar-refractivity contribution in [2.75, 3.05) is 30.4 Å². The monoisotopic (exact) mass is 386 g/mol. The number of piperidine rings is 1. The minimum absolute atomic E-state index is 0.125. The van der Waals surface area contributed by atoms with Crippen molar-refractivity contribution in [1.82, 2.24) is 10.2 Å². The van der Waals surface area contributed by atoms with Crippen LogP contribution in [0.15, 0.2) is 42.5 Å². The van der Waals surface area contributed by atoms with Crippen molar-refractivity contribution in [3.63, 3.8) is 0 Å². The maximum absolute atomic E-state index is 13.8. The molecule has 8 heteroatoms. The van der Waals surface area contributed by atoms with Gasteiger partial charge in [0, 0.05) is 33.0 Å². The van der Waals surface area contributed by atoms with E-state index in [0.29, 0.717) is 37.2 Å². The first-order valence-corrected chi connectivity index (χ1v) is 9.06. The summed E-state index contributed by atoms with van der Waals surface area (Å²) < 4.78 is 27.5. The minimum Gasteiger partial charge on any atom is -0.351 e. The highest BCUT2D eigenvalue weighted by Crippen LogP contribution is 2.36. The third-order valence-electron chi connectivity index (χ3n) is 5.55. The van der Waals surface area contributed by atoms with Crippen LogP contribution in [0.25, 0.3) is 0 Å². The highest BCUT2D eigenvalue weighted by Gasteiger charge is 2.45. The van der Waals surface area contributed by atoms with Crippen LogP contribution in [0.5, 0.6) is 0 Å². The van der Waals surface area contributed by atoms with E-state index < -0.39 is 23.3 Å². The normalized spacial score (nSPS) is 17.9. The molecule has 2 aliphatic heterocycles. The molecule has 2 aromatic rings. The van der Waals surface area contributed by atoms with Crippen molar-refractivity contribution in [2.45, 2.75) is 18.5 Å². The first kappa shape index (κ1) is 18.2. The van der Waals surface area contributed by atoms with Gasteiger partial charge in [0.2, 0.25) is 0 Å². The van der Waals surface area contributed by atoms with Gasteiger partial charge in [-0.1, -0.05) is 12.1 Å². The summed E-state index contributed by atoms with van der Waals surface area (Å²) in [7, 11) is 1.81. The van der Waals surface area contributed by atoms with Gasteiger partial charge in [-0.15, -0.1) is 0 Å². The first-order valence-electron chi connectivity index (χ1n) is 9.06. The molecule has 0 aromatic heterocycles. The Hall–Kier alpha value is -3.16. The zero-order valence-electron chi connectivity index (χ0n) is 15.3. The summed E-state index contributed by atoms with van der Waals surface area (Å²) in [5.74, 6) is -1.16. The van der Waals surface area contributed by atoms with E-state index in [9.17, 15) is 18.4 Å². The van der Waals surface area contributed by atoms with E-state index in [2.05, 4.69) is 10.6 Å². The van der Waals surface area contributed by atoms with E-state index in [-0.39, 0.29) is 11.6 Å². The van der Waals surface area contributed by atoms with E-state index in [0.717, 1.165) is 0 Å². The molecule has 6 nitrogen and oxygen atoms in total. The standard InChI is InChI=1S/C20H20F2N4O2/c1-25-17-12-13(21)6-7-14(17)18(27)24-20(25)8-10-26(11-9-20)19(28)23-16-5-3-2-4-15(16)22/h2-7,12H,8-11H2,1H3,(H,23,28)(H,24,27). The van der Waals surface area contributed by atoms with Crippen molar-refractivity contribution in [2.24, 2.45) is 0 Å². The third kappa shape index (κ3) is 3.04. The molecule has 0 saturated carbocycles. The van der Waals surface area contributed by atoms with Crippen LogP contribution in [-0.4, -0.2) is 42.6 Å². The molecule has 4 rings (SSSR count). The maximum atomic E-state index is 13.8. The Morgan fingerprint density at radius 3 is 2.57 bits per heavy atom. The first-order chi connectivity index (χ1) is 13.4. The van der Waals surface area contributed by atoms with E-state index in [1.54, 1.807) is 17.0 Å². The Balaban J connectivity index is 1.48. The van der Waals surface area contributed by atoms with Crippen LogP contribution < -0.4 is 15.5 Å². The van der Waals surface area contributed by atoms with Gasteiger partial charge in [-0.2, -0.15) is 0 Å². The number of nitrogens with zero attached hydrogens (tertiary/aromatic N) is 2. The molecule has 2 N–H and O–H groups in total. The number of likely N-dealkylation sites (tertiary alicyclic amines) is 1. The van der Waals surface area contributed by atoms with Crippen molar-refractivity contribution < 1.29 is 18.4 Å². The number of hydrogen-bond acceptors (Lipinski definition) is 3. The minimum atomic E-state index is -0.688. The van der Waals surface area contributed by atoms with Crippen molar-refractivity contribution in [3.05, 3.63) is 59.7 Å². The predicted octanol–water partition coefficient (Wildman–Crippen LogP) is 3.17. The van der Waals surface area contributed by atoms with Crippen LogP contribution in [0.3, 0.4) is 0 Å². The number of fused-ring (bicyclic) bond motifs is 1. The van der Waals surface area contributed by atoms with E-state index >= 15 is 0 Å². The number of halogens is 2. The van der Waals surface area contributed by atoms with Gasteiger partial charge in [0.05, 0.1) is 16.9 Å². The van der Waals surface area contributed by atoms with Gasteiger partial charge in [0.15, 0.2) is 0 Å². The van der Waals surface area contributed by atoms with Crippen LogP contribution in [0.2, 0.25) is 0 Å². The number of rotatable bonds is 1. The molecule has 28 heavy (non-hydrogen) atoms. The maximum Gasteiger partial charge on any atom is 0.321 e. The Labute approximate surface area is 161 Å². The summed E-state index contributed by atoms with van der Waals surface area (Å²) in [6.07, 6.45) is 0.936. The van der Waals surface area contributed by atoms with Gasteiger partial charge in [-0.3, -0.25) is 4.79 Å². The summed E-state index contributed by atoms with van der Waals surface area (Å²) in [6.45, 7) is 0.741. The largest absolute Gasteiger partial charge is 0.351 e. The van der Waals surface area contributed by atoms with Gasteiger partial charge >= 0.3 is 6.03 Å². The lowest BCUT2D eigenvalue weighted by Crippen LogP contribution is -2.67. The van der Waals surface area contributed by atoms with E-state index in [4.69, 9.17) is 0 Å². The Morgan fingerprint density at radius 1 is 1.14 bits per heavy atom. The lowest BCUT2D eigenvalue weighted by Gasteiger charge is -2.51. The highest BCUT2D eigenvalue weighted by molar-refractivity contribution is 6.02. The lowest BCUT2D eigenvalue weighted by atomic mass is 9.90. The average molecular weight is 386 g/mol. The number of benzene rings is 2. The molecule has 0 aliphatic carbocycles. The van der Waals surface area contributed by atoms with Crippen molar-refractivity contribution in [1.29, 1.82) is 0 Å². The predicted molar refractivity (Wildman–Crippen MR) is 101 cm³/mol. The number of carbonyl (C=O) groups is 2. The number of hydrogen-bond donors (Lipinski definition) is 2. The molecule has 0 unspecified atom stereocenters. The Bertz CT molecular complexity index is 942. The second-order valence-corrected chi connectivity index (χ2v) is 7.10. The second-order valence-electron chi connectivity index (χ2n) is 7.10. The number of urea groups is 1. The average Bonchev–Trinajstić information content (AvgIpc) is 2.68. The summed E-state index contributed by atoms with van der Waals surface area (Å²) in [5.41, 5.74) is 0.398. The second kappa shape index (κ2) is 6.78. The highest BCUT2D eigenvalue weighted by atomic mass is 19.1. The molecule has 2 heterocycles. The zero-order chi connectivity index (χ0) is 19.9. The fourth-order valence-electron chi connectivity index (χ4n) is 3.86. The zero-order valence-corrected chi connectivity index (χ0v) is 15.3. The molecule has 146 valence electrons. The third-order valence-corrected chi connectivity index (χ3v) is 5.55. The fourth-order valence-corrected chi connectivity index (χ4v) is 3.86. The SMILES string of the molecule is CN1c2cc(F)ccc2C(=O)NC12CCN(C(=O)Nc1ccccc1F)CC2. The van der Waals surface area contributed by atoms with Crippen LogP contribution in [0, 0.1) is 11.6 Å². The summed E-state index contributed by atoms with van der Waals surface area (Å²) in [6, 6.07) is 9.68.